The van der Waals surface area contributed by atoms with Crippen molar-refractivity contribution in [2.45, 2.75) is 19.4 Å². The first-order valence-corrected chi connectivity index (χ1v) is 8.65. The number of amides is 2. The van der Waals surface area contributed by atoms with E-state index in [1.807, 2.05) is 6.07 Å². The monoisotopic (exact) mass is 412 g/mol. The Bertz CT molecular complexity index is 887. The zero-order chi connectivity index (χ0) is 18.8. The molecule has 9 heteroatoms. The van der Waals surface area contributed by atoms with Crippen LogP contribution in [0.25, 0.3) is 0 Å². The fourth-order valence-electron chi connectivity index (χ4n) is 2.45. The van der Waals surface area contributed by atoms with Gasteiger partial charge in [0.05, 0.1) is 10.7 Å². The summed E-state index contributed by atoms with van der Waals surface area (Å²) >= 11 is 18.3. The summed E-state index contributed by atoms with van der Waals surface area (Å²) in [5.74, 6) is -1.81. The van der Waals surface area contributed by atoms with Gasteiger partial charge in [-0.1, -0.05) is 65.1 Å². The number of anilines is 1. The largest absolute Gasteiger partial charge is 0.456 e. The highest BCUT2D eigenvalue weighted by molar-refractivity contribution is 6.48. The van der Waals surface area contributed by atoms with Gasteiger partial charge in [0, 0.05) is 12.8 Å². The lowest BCUT2D eigenvalue weighted by Crippen LogP contribution is -2.30. The maximum absolute atomic E-state index is 12.4. The van der Waals surface area contributed by atoms with Crippen LogP contribution in [0.2, 0.25) is 15.2 Å². The normalized spacial score (nSPS) is 14.0. The van der Waals surface area contributed by atoms with E-state index in [4.69, 9.17) is 39.5 Å². The van der Waals surface area contributed by atoms with Crippen molar-refractivity contribution in [2.24, 2.45) is 0 Å². The fourth-order valence-corrected chi connectivity index (χ4v) is 3.19. The molecule has 2 heterocycles. The molecule has 1 fully saturated rings. The van der Waals surface area contributed by atoms with Gasteiger partial charge in [-0.25, -0.2) is 14.7 Å². The summed E-state index contributed by atoms with van der Waals surface area (Å²) in [6, 6.07) is 9.00. The van der Waals surface area contributed by atoms with Gasteiger partial charge in [-0.2, -0.15) is 0 Å². The average Bonchev–Trinajstić information content (AvgIpc) is 2.96. The molecule has 1 aliphatic rings. The molecule has 1 aromatic heterocycles. The number of hydrogen-bond acceptors (Lipinski definition) is 5. The third-order valence-corrected chi connectivity index (χ3v) is 4.78. The third kappa shape index (κ3) is 3.53. The summed E-state index contributed by atoms with van der Waals surface area (Å²) in [7, 11) is 0. The van der Waals surface area contributed by atoms with Crippen LogP contribution in [0, 0.1) is 0 Å². The number of imide groups is 1. The van der Waals surface area contributed by atoms with Crippen molar-refractivity contribution in [1.29, 1.82) is 0 Å². The summed E-state index contributed by atoms with van der Waals surface area (Å²) in [5.41, 5.74) is 0.300. The van der Waals surface area contributed by atoms with E-state index in [0.29, 0.717) is 0 Å². The van der Waals surface area contributed by atoms with Crippen LogP contribution in [0.15, 0.2) is 30.3 Å². The molecule has 1 aliphatic heterocycles. The van der Waals surface area contributed by atoms with Crippen LogP contribution in [-0.2, 0) is 20.9 Å². The van der Waals surface area contributed by atoms with Crippen LogP contribution < -0.4 is 4.90 Å². The predicted molar refractivity (Wildman–Crippen MR) is 96.6 cm³/mol. The van der Waals surface area contributed by atoms with Gasteiger partial charge in [-0.15, -0.1) is 0 Å². The summed E-state index contributed by atoms with van der Waals surface area (Å²) in [6.45, 7) is -0.00512. The lowest BCUT2D eigenvalue weighted by Gasteiger charge is -2.19. The van der Waals surface area contributed by atoms with Crippen LogP contribution in [0.1, 0.15) is 28.9 Å². The topological polar surface area (TPSA) is 76.6 Å². The van der Waals surface area contributed by atoms with E-state index in [1.54, 1.807) is 24.3 Å². The summed E-state index contributed by atoms with van der Waals surface area (Å²) < 4.78 is 5.19. The molecule has 0 aliphatic carbocycles. The lowest BCUT2D eigenvalue weighted by atomic mass is 10.2. The van der Waals surface area contributed by atoms with Gasteiger partial charge in [-0.3, -0.25) is 9.59 Å². The van der Waals surface area contributed by atoms with E-state index in [9.17, 15) is 14.4 Å². The summed E-state index contributed by atoms with van der Waals surface area (Å²) in [4.78, 5) is 41.0. The molecule has 1 saturated heterocycles. The number of nitrogens with zero attached hydrogens (tertiary/aromatic N) is 2. The van der Waals surface area contributed by atoms with Crippen molar-refractivity contribution in [3.8, 4) is 0 Å². The van der Waals surface area contributed by atoms with E-state index in [0.717, 1.165) is 10.5 Å². The van der Waals surface area contributed by atoms with E-state index in [1.165, 1.54) is 0 Å². The van der Waals surface area contributed by atoms with Crippen LogP contribution in [0.4, 0.5) is 5.69 Å². The molecule has 0 atom stereocenters. The number of halogens is 3. The number of aromatic nitrogens is 1. The molecule has 0 N–H and O–H groups in total. The maximum atomic E-state index is 12.4. The molecular weight excluding hydrogens is 403 g/mol. The van der Waals surface area contributed by atoms with Gasteiger partial charge < -0.3 is 4.74 Å². The van der Waals surface area contributed by atoms with Gasteiger partial charge in [-0.05, 0) is 5.56 Å². The number of pyridine rings is 1. The Morgan fingerprint density at radius 3 is 2.27 bits per heavy atom. The van der Waals surface area contributed by atoms with Crippen molar-refractivity contribution in [3.63, 3.8) is 0 Å². The first kappa shape index (κ1) is 18.6. The molecule has 1 aromatic carbocycles. The molecule has 0 radical (unpaired) electrons. The number of carbonyl (C=O) groups excluding carboxylic acids is 3. The minimum atomic E-state index is -0.849. The minimum Gasteiger partial charge on any atom is -0.456 e. The van der Waals surface area contributed by atoms with Crippen LogP contribution in [0.3, 0.4) is 0 Å². The van der Waals surface area contributed by atoms with Gasteiger partial charge in [0.25, 0.3) is 0 Å². The smallest absolute Gasteiger partial charge is 0.358 e. The first-order valence-electron chi connectivity index (χ1n) is 7.51. The summed E-state index contributed by atoms with van der Waals surface area (Å²) in [6.07, 6.45) is 0.0540. The molecule has 2 aromatic rings. The Morgan fingerprint density at radius 2 is 1.65 bits per heavy atom. The number of esters is 1. The highest BCUT2D eigenvalue weighted by Crippen LogP contribution is 2.41. The molecule has 0 spiro atoms. The Balaban J connectivity index is 1.94. The first-order chi connectivity index (χ1) is 12.4. The molecule has 0 saturated carbocycles. The zero-order valence-corrected chi connectivity index (χ0v) is 15.4. The van der Waals surface area contributed by atoms with Crippen molar-refractivity contribution >= 4 is 58.3 Å². The number of hydrogen-bond donors (Lipinski definition) is 0. The highest BCUT2D eigenvalue weighted by Gasteiger charge is 2.36. The molecule has 0 bridgehead atoms. The Morgan fingerprint density at radius 1 is 1.04 bits per heavy atom. The minimum absolute atomic E-state index is 0.00512. The van der Waals surface area contributed by atoms with E-state index in [-0.39, 0.29) is 46.0 Å². The number of ether oxygens (including phenoxy) is 1. The van der Waals surface area contributed by atoms with Crippen LogP contribution in [-0.4, -0.2) is 22.8 Å². The zero-order valence-electron chi connectivity index (χ0n) is 13.2. The van der Waals surface area contributed by atoms with E-state index in [2.05, 4.69) is 4.98 Å². The maximum Gasteiger partial charge on any atom is 0.358 e. The fraction of sp³-hybridized carbons (Fsp3) is 0.176. The second-order valence-electron chi connectivity index (χ2n) is 5.41. The van der Waals surface area contributed by atoms with E-state index < -0.39 is 17.8 Å². The number of carbonyl (C=O) groups is 3. The van der Waals surface area contributed by atoms with Crippen molar-refractivity contribution < 1.29 is 19.1 Å². The van der Waals surface area contributed by atoms with Crippen molar-refractivity contribution in [2.75, 3.05) is 4.90 Å². The molecule has 6 nitrogen and oxygen atoms in total. The molecule has 2 amide bonds. The second-order valence-corrected chi connectivity index (χ2v) is 6.53. The summed E-state index contributed by atoms with van der Waals surface area (Å²) in [5, 5.41) is -0.703. The Hall–Kier alpha value is -2.15. The van der Waals surface area contributed by atoms with Gasteiger partial charge in [0.1, 0.15) is 11.6 Å². The average molecular weight is 414 g/mol. The van der Waals surface area contributed by atoms with Crippen molar-refractivity contribution in [1.82, 2.24) is 4.98 Å². The molecule has 134 valence electrons. The van der Waals surface area contributed by atoms with Gasteiger partial charge in [0.2, 0.25) is 11.8 Å². The van der Waals surface area contributed by atoms with E-state index >= 15 is 0 Å². The lowest BCUT2D eigenvalue weighted by molar-refractivity contribution is -0.121. The Kier molecular flexibility index (Phi) is 5.46. The van der Waals surface area contributed by atoms with Gasteiger partial charge in [0.15, 0.2) is 10.8 Å². The molecular formula is C17H11Cl3N2O4. The van der Waals surface area contributed by atoms with Gasteiger partial charge >= 0.3 is 5.97 Å². The standard InChI is InChI=1S/C17H11Cl3N2O4/c18-12-14(17(25)26-8-9-4-2-1-3-5-9)21-16(20)13(19)15(12)22-10(23)6-7-11(22)24/h1-5H,6-8H2. The quantitative estimate of drug-likeness (QED) is 0.429. The van der Waals surface area contributed by atoms with Crippen LogP contribution in [0.5, 0.6) is 0 Å². The number of benzene rings is 1. The molecule has 26 heavy (non-hydrogen) atoms. The second kappa shape index (κ2) is 7.61. The third-order valence-electron chi connectivity index (χ3n) is 3.70. The van der Waals surface area contributed by atoms with Crippen molar-refractivity contribution in [3.05, 3.63) is 56.8 Å². The SMILES string of the molecule is O=C(OCc1ccccc1)c1nc(Cl)c(Cl)c(N2C(=O)CCC2=O)c1Cl. The predicted octanol–water partition coefficient (Wildman–Crippen LogP) is 4.05. The molecule has 0 unspecified atom stereocenters. The van der Waals surface area contributed by atoms with Crippen LogP contribution >= 0.6 is 34.8 Å². The molecule has 3 rings (SSSR count). The highest BCUT2D eigenvalue weighted by atomic mass is 35.5. The number of rotatable bonds is 4. The Labute approximate surface area is 163 Å².